The van der Waals surface area contributed by atoms with Crippen LogP contribution in [0.15, 0.2) is 12.0 Å². The highest BCUT2D eigenvalue weighted by molar-refractivity contribution is 5.04. The summed E-state index contributed by atoms with van der Waals surface area (Å²) in [6, 6.07) is 0.551. The topological polar surface area (TPSA) is 21.7 Å². The molecule has 0 aromatic carbocycles. The Balaban J connectivity index is 0.00000112. The average Bonchev–Trinajstić information content (AvgIpc) is 2.71. The van der Waals surface area contributed by atoms with E-state index < -0.39 is 0 Å². The zero-order valence-electron chi connectivity index (χ0n) is 9.03. The second kappa shape index (κ2) is 4.22. The summed E-state index contributed by atoms with van der Waals surface area (Å²) in [5.41, 5.74) is 0. The van der Waals surface area contributed by atoms with Gasteiger partial charge in [-0.05, 0) is 26.7 Å². The molecule has 2 heterocycles. The van der Waals surface area contributed by atoms with E-state index in [4.69, 9.17) is 9.47 Å². The minimum Gasteiger partial charge on any atom is -0.492 e. The molecule has 3 heteroatoms. The van der Waals surface area contributed by atoms with E-state index in [1.807, 2.05) is 0 Å². The van der Waals surface area contributed by atoms with Crippen molar-refractivity contribution in [2.45, 2.75) is 38.8 Å². The van der Waals surface area contributed by atoms with E-state index in [-0.39, 0.29) is 7.53 Å². The van der Waals surface area contributed by atoms with Crippen LogP contribution in [0.5, 0.6) is 0 Å². The van der Waals surface area contributed by atoms with Crippen molar-refractivity contribution in [3.8, 4) is 0 Å². The summed E-state index contributed by atoms with van der Waals surface area (Å²) < 4.78 is 11.2. The van der Waals surface area contributed by atoms with Crippen LogP contribution in [0.3, 0.4) is 0 Å². The smallest absolute Gasteiger partial charge is 0.141 e. The quantitative estimate of drug-likeness (QED) is 0.679. The Hall–Kier alpha value is -0.700. The van der Waals surface area contributed by atoms with E-state index in [0.717, 1.165) is 38.4 Å². The molecule has 14 heavy (non-hydrogen) atoms. The van der Waals surface area contributed by atoms with Crippen LogP contribution < -0.4 is 0 Å². The van der Waals surface area contributed by atoms with E-state index in [9.17, 15) is 0 Å². The van der Waals surface area contributed by atoms with Crippen LogP contribution in [0.1, 0.15) is 28.1 Å². The van der Waals surface area contributed by atoms with Crippen LogP contribution in [-0.4, -0.2) is 36.8 Å². The predicted octanol–water partition coefficient (Wildman–Crippen LogP) is 1.99. The molecule has 0 N–H and O–H groups in total. The van der Waals surface area contributed by atoms with Crippen molar-refractivity contribution in [1.82, 2.24) is 4.90 Å². The molecule has 0 aromatic rings. The minimum absolute atomic E-state index is 0. The fraction of sp³-hybridized carbons (Fsp3) is 0.818. The van der Waals surface area contributed by atoms with Gasteiger partial charge < -0.3 is 14.4 Å². The molecule has 2 rings (SSSR count). The van der Waals surface area contributed by atoms with Gasteiger partial charge >= 0.3 is 0 Å². The van der Waals surface area contributed by atoms with Crippen molar-refractivity contribution >= 4 is 0 Å². The fourth-order valence-corrected chi connectivity index (χ4v) is 1.92. The lowest BCUT2D eigenvalue weighted by atomic mass is 10.2. The van der Waals surface area contributed by atoms with Gasteiger partial charge in [-0.25, -0.2) is 0 Å². The summed E-state index contributed by atoms with van der Waals surface area (Å²) in [6.45, 7) is 7.08. The molecule has 0 amide bonds. The number of hydrogen-bond donors (Lipinski definition) is 0. The SMILES string of the molecule is CC(C)N1C=C([C@@H]2CCCO2)OCC1.[HH]. The van der Waals surface area contributed by atoms with Crippen molar-refractivity contribution in [3.63, 3.8) is 0 Å². The molecule has 82 valence electrons. The van der Waals surface area contributed by atoms with E-state index in [1.54, 1.807) is 0 Å². The maximum atomic E-state index is 5.64. The van der Waals surface area contributed by atoms with Gasteiger partial charge in [-0.1, -0.05) is 0 Å². The van der Waals surface area contributed by atoms with Gasteiger partial charge in [-0.3, -0.25) is 0 Å². The van der Waals surface area contributed by atoms with Crippen LogP contribution in [0.25, 0.3) is 0 Å². The molecule has 1 fully saturated rings. The van der Waals surface area contributed by atoms with Crippen molar-refractivity contribution in [2.24, 2.45) is 0 Å². The molecule has 0 spiro atoms. The number of hydrogen-bond acceptors (Lipinski definition) is 3. The lowest BCUT2D eigenvalue weighted by molar-refractivity contribution is 0.0441. The van der Waals surface area contributed by atoms with E-state index in [0.29, 0.717) is 6.04 Å². The molecule has 3 nitrogen and oxygen atoms in total. The molecule has 0 radical (unpaired) electrons. The molecule has 2 aliphatic heterocycles. The van der Waals surface area contributed by atoms with Gasteiger partial charge in [0.2, 0.25) is 0 Å². The third-order valence-electron chi connectivity index (χ3n) is 2.82. The van der Waals surface area contributed by atoms with Crippen LogP contribution in [0.2, 0.25) is 0 Å². The number of nitrogens with zero attached hydrogens (tertiary/aromatic N) is 1. The van der Waals surface area contributed by atoms with E-state index >= 15 is 0 Å². The van der Waals surface area contributed by atoms with Gasteiger partial charge in [0.15, 0.2) is 0 Å². The molecular formula is C11H21NO2. The predicted molar refractivity (Wildman–Crippen MR) is 57.0 cm³/mol. The van der Waals surface area contributed by atoms with Crippen molar-refractivity contribution in [2.75, 3.05) is 19.8 Å². The van der Waals surface area contributed by atoms with Crippen LogP contribution >= 0.6 is 0 Å². The van der Waals surface area contributed by atoms with Gasteiger partial charge in [0.25, 0.3) is 0 Å². The van der Waals surface area contributed by atoms with Crippen LogP contribution in [-0.2, 0) is 9.47 Å². The number of ether oxygens (including phenoxy) is 2. The number of rotatable bonds is 2. The Bertz CT molecular complexity index is 225. The lowest BCUT2D eigenvalue weighted by Gasteiger charge is -2.31. The van der Waals surface area contributed by atoms with Gasteiger partial charge in [-0.15, -0.1) is 0 Å². The summed E-state index contributed by atoms with van der Waals surface area (Å²) in [5.74, 6) is 1.03. The maximum absolute atomic E-state index is 5.64. The van der Waals surface area contributed by atoms with Crippen LogP contribution in [0.4, 0.5) is 0 Å². The fourth-order valence-electron chi connectivity index (χ4n) is 1.92. The first-order valence-corrected chi connectivity index (χ1v) is 5.49. The minimum atomic E-state index is 0. The summed E-state index contributed by atoms with van der Waals surface area (Å²) >= 11 is 0. The highest BCUT2D eigenvalue weighted by Gasteiger charge is 2.25. The van der Waals surface area contributed by atoms with Crippen molar-refractivity contribution in [1.29, 1.82) is 0 Å². The lowest BCUT2D eigenvalue weighted by Crippen LogP contribution is -2.34. The average molecular weight is 199 g/mol. The second-order valence-corrected chi connectivity index (χ2v) is 4.21. The van der Waals surface area contributed by atoms with E-state index in [2.05, 4.69) is 24.9 Å². The summed E-state index contributed by atoms with van der Waals surface area (Å²) in [4.78, 5) is 2.32. The first kappa shape index (κ1) is 9.84. The molecule has 0 aliphatic carbocycles. The molecule has 2 aliphatic rings. The van der Waals surface area contributed by atoms with Gasteiger partial charge in [0.1, 0.15) is 18.5 Å². The molecule has 0 bridgehead atoms. The Labute approximate surface area is 87.2 Å². The Morgan fingerprint density at radius 2 is 2.36 bits per heavy atom. The zero-order chi connectivity index (χ0) is 9.97. The van der Waals surface area contributed by atoms with Gasteiger partial charge in [-0.2, -0.15) is 0 Å². The highest BCUT2D eigenvalue weighted by Crippen LogP contribution is 2.23. The van der Waals surface area contributed by atoms with E-state index in [1.165, 1.54) is 0 Å². The second-order valence-electron chi connectivity index (χ2n) is 4.21. The summed E-state index contributed by atoms with van der Waals surface area (Å²) in [5, 5.41) is 0. The highest BCUT2D eigenvalue weighted by atomic mass is 16.5. The Kier molecular flexibility index (Phi) is 2.96. The monoisotopic (exact) mass is 199 g/mol. The van der Waals surface area contributed by atoms with Crippen LogP contribution in [0, 0.1) is 0 Å². The molecular weight excluding hydrogens is 178 g/mol. The standard InChI is InChI=1S/C11H19NO2.H2/c1-9(2)12-5-7-14-11(8-12)10-4-3-6-13-10;/h8-10H,3-7H2,1-2H3;1H/t10-;/m0./s1. The Morgan fingerprint density at radius 1 is 1.50 bits per heavy atom. The van der Waals surface area contributed by atoms with Crippen molar-refractivity contribution in [3.05, 3.63) is 12.0 Å². The Morgan fingerprint density at radius 3 is 3.00 bits per heavy atom. The normalized spacial score (nSPS) is 27.8. The molecule has 0 unspecified atom stereocenters. The van der Waals surface area contributed by atoms with Gasteiger partial charge in [0.05, 0.1) is 6.54 Å². The molecule has 1 atom stereocenters. The molecule has 0 saturated carbocycles. The maximum Gasteiger partial charge on any atom is 0.141 e. The third-order valence-corrected chi connectivity index (χ3v) is 2.82. The molecule has 1 saturated heterocycles. The third kappa shape index (κ3) is 2.03. The van der Waals surface area contributed by atoms with Crippen molar-refractivity contribution < 1.29 is 10.9 Å². The van der Waals surface area contributed by atoms with Gasteiger partial charge in [0, 0.05) is 20.3 Å². The summed E-state index contributed by atoms with van der Waals surface area (Å²) in [7, 11) is 0. The summed E-state index contributed by atoms with van der Waals surface area (Å²) in [6.07, 6.45) is 4.62. The largest absolute Gasteiger partial charge is 0.492 e. The first-order valence-electron chi connectivity index (χ1n) is 5.49. The molecule has 0 aromatic heterocycles. The first-order chi connectivity index (χ1) is 6.77. The zero-order valence-corrected chi connectivity index (χ0v) is 9.03.